The summed E-state index contributed by atoms with van der Waals surface area (Å²) >= 11 is 0. The van der Waals surface area contributed by atoms with Crippen LogP contribution in [0.3, 0.4) is 0 Å². The van der Waals surface area contributed by atoms with E-state index in [9.17, 15) is 19.1 Å². The Labute approximate surface area is 217 Å². The average Bonchev–Trinajstić information content (AvgIpc) is 3.22. The van der Waals surface area contributed by atoms with Gasteiger partial charge in [0.1, 0.15) is 5.82 Å². The first-order valence-electron chi connectivity index (χ1n) is 11.6. The summed E-state index contributed by atoms with van der Waals surface area (Å²) in [4.78, 5) is 30.7. The van der Waals surface area contributed by atoms with Crippen molar-refractivity contribution in [3.05, 3.63) is 94.4 Å². The van der Waals surface area contributed by atoms with Gasteiger partial charge in [-0.15, -0.1) is 0 Å². The van der Waals surface area contributed by atoms with Crippen LogP contribution in [0.15, 0.2) is 60.7 Å². The maximum Gasteiger partial charge on any atom is 0.338 e. The molecule has 38 heavy (non-hydrogen) atoms. The van der Waals surface area contributed by atoms with Crippen molar-refractivity contribution >= 4 is 23.9 Å². The van der Waals surface area contributed by atoms with Gasteiger partial charge in [0.25, 0.3) is 0 Å². The third-order valence-electron chi connectivity index (χ3n) is 6.35. The molecule has 5 rings (SSSR count). The number of benzene rings is 3. The molecule has 0 saturated heterocycles. The molecule has 1 aliphatic rings. The fraction of sp³-hybridized carbons (Fsp3) is 0.100. The third kappa shape index (κ3) is 4.06. The Kier molecular flexibility index (Phi) is 6.38. The number of fused-ring (bicyclic) bond motifs is 3. The molecule has 1 aromatic heterocycles. The molecule has 1 heterocycles. The minimum atomic E-state index is -1.27. The van der Waals surface area contributed by atoms with Crippen molar-refractivity contribution in [1.82, 2.24) is 4.98 Å². The van der Waals surface area contributed by atoms with Crippen molar-refractivity contribution in [1.29, 1.82) is 0 Å². The number of aromatic carboxylic acids is 1. The lowest BCUT2D eigenvalue weighted by atomic mass is 9.91. The van der Waals surface area contributed by atoms with Crippen molar-refractivity contribution < 1.29 is 33.3 Å². The largest absolute Gasteiger partial charge is 0.493 e. The van der Waals surface area contributed by atoms with Crippen LogP contribution >= 0.6 is 0 Å². The number of aromatic nitrogens is 1. The number of halogens is 1. The molecule has 0 bridgehead atoms. The summed E-state index contributed by atoms with van der Waals surface area (Å²) in [5, 5.41) is 10.3. The van der Waals surface area contributed by atoms with Gasteiger partial charge in [0.05, 0.1) is 43.8 Å². The SMILES string of the molecule is COc1cc(C=Cc2nc3c(c(-c4ccc(F)cc4)c2C(=O)O)C(=O)c2ccccc2-3)cc(OC)c1OC. The highest BCUT2D eigenvalue weighted by Gasteiger charge is 2.35. The molecule has 1 N–H and O–H groups in total. The Bertz CT molecular complexity index is 1600. The summed E-state index contributed by atoms with van der Waals surface area (Å²) in [7, 11) is 4.50. The second-order valence-electron chi connectivity index (χ2n) is 8.45. The molecule has 0 atom stereocenters. The first-order chi connectivity index (χ1) is 18.4. The van der Waals surface area contributed by atoms with E-state index in [4.69, 9.17) is 14.2 Å². The highest BCUT2D eigenvalue weighted by atomic mass is 19.1. The summed E-state index contributed by atoms with van der Waals surface area (Å²) in [5.41, 5.74) is 2.78. The quantitative estimate of drug-likeness (QED) is 0.287. The van der Waals surface area contributed by atoms with Gasteiger partial charge in [-0.25, -0.2) is 14.2 Å². The topological polar surface area (TPSA) is 95.0 Å². The first-order valence-corrected chi connectivity index (χ1v) is 11.6. The van der Waals surface area contributed by atoms with Crippen molar-refractivity contribution in [2.75, 3.05) is 21.3 Å². The van der Waals surface area contributed by atoms with E-state index in [0.29, 0.717) is 45.2 Å². The van der Waals surface area contributed by atoms with Crippen LogP contribution in [0.25, 0.3) is 34.5 Å². The number of carboxylic acids is 1. The van der Waals surface area contributed by atoms with E-state index in [0.717, 1.165) is 0 Å². The number of ether oxygens (including phenoxy) is 3. The van der Waals surface area contributed by atoms with Crippen molar-refractivity contribution in [3.63, 3.8) is 0 Å². The van der Waals surface area contributed by atoms with E-state index in [1.165, 1.54) is 45.6 Å². The number of carbonyl (C=O) groups excluding carboxylic acids is 1. The molecule has 0 amide bonds. The summed E-state index contributed by atoms with van der Waals surface area (Å²) in [6, 6.07) is 15.8. The minimum Gasteiger partial charge on any atom is -0.493 e. The van der Waals surface area contributed by atoms with E-state index < -0.39 is 11.8 Å². The fourth-order valence-electron chi connectivity index (χ4n) is 4.66. The molecule has 0 spiro atoms. The van der Waals surface area contributed by atoms with Gasteiger partial charge in [-0.3, -0.25) is 4.79 Å². The normalized spacial score (nSPS) is 11.8. The van der Waals surface area contributed by atoms with Gasteiger partial charge in [0, 0.05) is 16.7 Å². The van der Waals surface area contributed by atoms with Crippen LogP contribution in [0.2, 0.25) is 0 Å². The average molecular weight is 512 g/mol. The highest BCUT2D eigenvalue weighted by Crippen LogP contribution is 2.44. The Hall–Kier alpha value is -4.98. The maximum absolute atomic E-state index is 13.8. The second kappa shape index (κ2) is 9.82. The number of carboxylic acid groups (broad SMARTS) is 1. The number of methoxy groups -OCH3 is 3. The van der Waals surface area contributed by atoms with E-state index >= 15 is 0 Å². The number of rotatable bonds is 7. The highest BCUT2D eigenvalue weighted by molar-refractivity contribution is 6.25. The van der Waals surface area contributed by atoms with E-state index in [1.807, 2.05) is 0 Å². The summed E-state index contributed by atoms with van der Waals surface area (Å²) in [6.45, 7) is 0. The summed E-state index contributed by atoms with van der Waals surface area (Å²) in [5.74, 6) is -0.800. The van der Waals surface area contributed by atoms with Crippen LogP contribution in [0, 0.1) is 5.82 Å². The fourth-order valence-corrected chi connectivity index (χ4v) is 4.66. The second-order valence-corrected chi connectivity index (χ2v) is 8.45. The first kappa shape index (κ1) is 24.7. The van der Waals surface area contributed by atoms with Crippen LogP contribution in [0.5, 0.6) is 17.2 Å². The molecule has 7 nitrogen and oxygen atoms in total. The summed E-state index contributed by atoms with van der Waals surface area (Å²) in [6.07, 6.45) is 3.23. The summed E-state index contributed by atoms with van der Waals surface area (Å²) < 4.78 is 30.0. The van der Waals surface area contributed by atoms with Crippen molar-refractivity contribution in [2.45, 2.75) is 0 Å². The maximum atomic E-state index is 13.8. The number of hydrogen-bond acceptors (Lipinski definition) is 6. The molecule has 0 saturated carbocycles. The molecule has 0 aliphatic heterocycles. The molecule has 3 aromatic carbocycles. The molecule has 4 aromatic rings. The Morgan fingerprint density at radius 3 is 2.08 bits per heavy atom. The smallest absolute Gasteiger partial charge is 0.338 e. The van der Waals surface area contributed by atoms with Gasteiger partial charge in [0.2, 0.25) is 5.75 Å². The lowest BCUT2D eigenvalue weighted by Crippen LogP contribution is -2.10. The van der Waals surface area contributed by atoms with Gasteiger partial charge < -0.3 is 19.3 Å². The van der Waals surface area contributed by atoms with Crippen LogP contribution in [-0.2, 0) is 0 Å². The van der Waals surface area contributed by atoms with Crippen molar-refractivity contribution in [2.24, 2.45) is 0 Å². The van der Waals surface area contributed by atoms with Crippen LogP contribution < -0.4 is 14.2 Å². The molecule has 0 radical (unpaired) electrons. The molecular formula is C30H22FNO6. The standard InChI is InChI=1S/C30H22FNO6/c1-36-22-14-16(15-23(37-2)29(22)38-3)8-13-21-25(30(34)35)24(17-9-11-18(31)12-10-17)26-27(32-21)19-6-4-5-7-20(19)28(26)33/h4-15H,1-3H3,(H,34,35). The van der Waals surface area contributed by atoms with Crippen molar-refractivity contribution in [3.8, 4) is 39.6 Å². The third-order valence-corrected chi connectivity index (χ3v) is 6.35. The molecule has 0 unspecified atom stereocenters. The van der Waals surface area contributed by atoms with Gasteiger partial charge in [-0.1, -0.05) is 42.5 Å². The number of carbonyl (C=O) groups is 2. The lowest BCUT2D eigenvalue weighted by Gasteiger charge is -2.15. The van der Waals surface area contributed by atoms with Crippen LogP contribution in [0.1, 0.15) is 37.5 Å². The van der Waals surface area contributed by atoms with Gasteiger partial charge in [0.15, 0.2) is 17.3 Å². The van der Waals surface area contributed by atoms with Crippen LogP contribution in [-0.4, -0.2) is 43.2 Å². The predicted molar refractivity (Wildman–Crippen MR) is 140 cm³/mol. The zero-order valence-electron chi connectivity index (χ0n) is 20.7. The van der Waals surface area contributed by atoms with E-state index in [-0.39, 0.29) is 28.2 Å². The predicted octanol–water partition coefficient (Wildman–Crippen LogP) is 5.99. The number of ketones is 1. The Balaban J connectivity index is 1.77. The Morgan fingerprint density at radius 1 is 0.868 bits per heavy atom. The Morgan fingerprint density at radius 2 is 1.50 bits per heavy atom. The van der Waals surface area contributed by atoms with Gasteiger partial charge in [-0.2, -0.15) is 0 Å². The number of nitrogens with zero attached hydrogens (tertiary/aromatic N) is 1. The zero-order chi connectivity index (χ0) is 27.0. The van der Waals surface area contributed by atoms with E-state index in [2.05, 4.69) is 4.98 Å². The molecular weight excluding hydrogens is 489 g/mol. The molecule has 8 heteroatoms. The molecule has 190 valence electrons. The lowest BCUT2D eigenvalue weighted by molar-refractivity contribution is 0.0697. The number of hydrogen-bond donors (Lipinski definition) is 1. The van der Waals surface area contributed by atoms with Gasteiger partial charge in [-0.05, 0) is 41.5 Å². The van der Waals surface area contributed by atoms with E-state index in [1.54, 1.807) is 48.6 Å². The van der Waals surface area contributed by atoms with Gasteiger partial charge >= 0.3 is 5.97 Å². The molecule has 0 fully saturated rings. The number of pyridine rings is 1. The monoisotopic (exact) mass is 511 g/mol. The molecule has 1 aliphatic carbocycles. The minimum absolute atomic E-state index is 0.133. The zero-order valence-corrected chi connectivity index (χ0v) is 20.7. The van der Waals surface area contributed by atoms with Crippen LogP contribution in [0.4, 0.5) is 4.39 Å².